The maximum absolute atomic E-state index is 11.3. The second kappa shape index (κ2) is 6.30. The third-order valence-electron chi connectivity index (χ3n) is 2.48. The highest BCUT2D eigenvalue weighted by molar-refractivity contribution is 6.17. The number of carbonyl (C=O) groups is 1. The fraction of sp³-hybridized carbons (Fsp3) is 0.900. The van der Waals surface area contributed by atoms with Crippen molar-refractivity contribution in [1.82, 2.24) is 5.32 Å². The molecule has 1 saturated heterocycles. The van der Waals surface area contributed by atoms with Crippen LogP contribution in [0.1, 0.15) is 25.7 Å². The van der Waals surface area contributed by atoms with Crippen molar-refractivity contribution in [3.05, 3.63) is 0 Å². The van der Waals surface area contributed by atoms with Crippen LogP contribution in [0.5, 0.6) is 0 Å². The van der Waals surface area contributed by atoms with Crippen molar-refractivity contribution in [3.63, 3.8) is 0 Å². The molecule has 0 spiro atoms. The Balaban J connectivity index is 2.10. The van der Waals surface area contributed by atoms with Crippen molar-refractivity contribution in [1.29, 1.82) is 0 Å². The molecule has 88 valence electrons. The van der Waals surface area contributed by atoms with Crippen LogP contribution in [0.2, 0.25) is 0 Å². The number of nitrogens with one attached hydrogen (secondary N) is 1. The summed E-state index contributed by atoms with van der Waals surface area (Å²) in [5.41, 5.74) is -0.859. The highest BCUT2D eigenvalue weighted by Crippen LogP contribution is 2.16. The Labute approximate surface area is 94.9 Å². The van der Waals surface area contributed by atoms with Crippen molar-refractivity contribution in [2.75, 3.05) is 25.6 Å². The fourth-order valence-electron chi connectivity index (χ4n) is 1.47. The molecule has 0 saturated carbocycles. The van der Waals surface area contributed by atoms with Crippen LogP contribution in [0.3, 0.4) is 0 Å². The van der Waals surface area contributed by atoms with E-state index in [1.807, 2.05) is 0 Å². The number of ether oxygens (including phenoxy) is 1. The Hall–Kier alpha value is -0.320. The first-order valence-electron chi connectivity index (χ1n) is 5.29. The van der Waals surface area contributed by atoms with Gasteiger partial charge in [-0.3, -0.25) is 4.79 Å². The van der Waals surface area contributed by atoms with Gasteiger partial charge in [-0.15, -0.1) is 11.6 Å². The van der Waals surface area contributed by atoms with Gasteiger partial charge in [-0.1, -0.05) is 0 Å². The SMILES string of the molecule is O=C(CCCCCl)NCC1(O)CCOC1. The van der Waals surface area contributed by atoms with E-state index in [-0.39, 0.29) is 12.5 Å². The van der Waals surface area contributed by atoms with Gasteiger partial charge >= 0.3 is 0 Å². The number of unbranched alkanes of at least 4 members (excludes halogenated alkanes) is 1. The molecule has 1 amide bonds. The van der Waals surface area contributed by atoms with Gasteiger partial charge in [-0.25, -0.2) is 0 Å². The highest BCUT2D eigenvalue weighted by Gasteiger charge is 2.32. The lowest BCUT2D eigenvalue weighted by Gasteiger charge is -2.20. The first-order chi connectivity index (χ1) is 7.16. The van der Waals surface area contributed by atoms with Gasteiger partial charge in [0.25, 0.3) is 0 Å². The zero-order valence-corrected chi connectivity index (χ0v) is 9.55. The molecular weight excluding hydrogens is 218 g/mol. The molecule has 0 aromatic heterocycles. The van der Waals surface area contributed by atoms with Crippen molar-refractivity contribution in [2.24, 2.45) is 0 Å². The molecule has 15 heavy (non-hydrogen) atoms. The van der Waals surface area contributed by atoms with E-state index in [0.717, 1.165) is 12.8 Å². The minimum Gasteiger partial charge on any atom is -0.386 e. The van der Waals surface area contributed by atoms with Gasteiger partial charge in [0.2, 0.25) is 5.91 Å². The predicted molar refractivity (Wildman–Crippen MR) is 58.0 cm³/mol. The molecule has 1 aliphatic heterocycles. The molecule has 0 aliphatic carbocycles. The summed E-state index contributed by atoms with van der Waals surface area (Å²) in [5.74, 6) is 0.561. The number of halogens is 1. The Bertz CT molecular complexity index is 205. The summed E-state index contributed by atoms with van der Waals surface area (Å²) in [4.78, 5) is 11.3. The predicted octanol–water partition coefficient (Wildman–Crippen LogP) is 0.663. The summed E-state index contributed by atoms with van der Waals surface area (Å²) in [6.45, 7) is 1.17. The molecule has 2 N–H and O–H groups in total. The molecule has 1 rings (SSSR count). The molecule has 1 heterocycles. The largest absolute Gasteiger partial charge is 0.386 e. The molecule has 0 bridgehead atoms. The lowest BCUT2D eigenvalue weighted by Crippen LogP contribution is -2.43. The van der Waals surface area contributed by atoms with E-state index in [1.165, 1.54) is 0 Å². The smallest absolute Gasteiger partial charge is 0.220 e. The topological polar surface area (TPSA) is 58.6 Å². The van der Waals surface area contributed by atoms with Crippen molar-refractivity contribution >= 4 is 17.5 Å². The molecule has 5 heteroatoms. The Morgan fingerprint density at radius 1 is 1.53 bits per heavy atom. The first-order valence-corrected chi connectivity index (χ1v) is 5.82. The molecule has 0 radical (unpaired) electrons. The van der Waals surface area contributed by atoms with E-state index in [2.05, 4.69) is 5.32 Å². The van der Waals surface area contributed by atoms with Gasteiger partial charge in [0.05, 0.1) is 6.61 Å². The van der Waals surface area contributed by atoms with Gasteiger partial charge in [0.15, 0.2) is 0 Å². The standard InChI is InChI=1S/C10H18ClNO3/c11-5-2-1-3-9(13)12-7-10(14)4-6-15-8-10/h14H,1-8H2,(H,12,13). The van der Waals surface area contributed by atoms with E-state index < -0.39 is 5.60 Å². The maximum Gasteiger partial charge on any atom is 0.220 e. The number of hydrogen-bond acceptors (Lipinski definition) is 3. The maximum atomic E-state index is 11.3. The monoisotopic (exact) mass is 235 g/mol. The van der Waals surface area contributed by atoms with Crippen molar-refractivity contribution < 1.29 is 14.6 Å². The summed E-state index contributed by atoms with van der Waals surface area (Å²) in [5, 5.41) is 12.6. The summed E-state index contributed by atoms with van der Waals surface area (Å²) in [7, 11) is 0. The van der Waals surface area contributed by atoms with Gasteiger partial charge in [-0.05, 0) is 12.8 Å². The van der Waals surface area contributed by atoms with E-state index in [1.54, 1.807) is 0 Å². The molecule has 4 nitrogen and oxygen atoms in total. The fourth-order valence-corrected chi connectivity index (χ4v) is 1.66. The van der Waals surface area contributed by atoms with Crippen LogP contribution in [0.15, 0.2) is 0 Å². The second-order valence-corrected chi connectivity index (χ2v) is 4.33. The Kier molecular flexibility index (Phi) is 5.36. The number of hydrogen-bond donors (Lipinski definition) is 2. The third kappa shape index (κ3) is 4.82. The number of carbonyl (C=O) groups excluding carboxylic acids is 1. The van der Waals surface area contributed by atoms with Crippen molar-refractivity contribution in [2.45, 2.75) is 31.3 Å². The lowest BCUT2D eigenvalue weighted by atomic mass is 10.0. The number of amides is 1. The molecular formula is C10H18ClNO3. The number of rotatable bonds is 6. The average molecular weight is 236 g/mol. The summed E-state index contributed by atoms with van der Waals surface area (Å²) in [6, 6.07) is 0. The average Bonchev–Trinajstić information content (AvgIpc) is 2.64. The van der Waals surface area contributed by atoms with Crippen molar-refractivity contribution in [3.8, 4) is 0 Å². The zero-order chi connectivity index (χ0) is 11.1. The highest BCUT2D eigenvalue weighted by atomic mass is 35.5. The van der Waals surface area contributed by atoms with Gasteiger partial charge < -0.3 is 15.2 Å². The molecule has 1 aliphatic rings. The quantitative estimate of drug-likeness (QED) is 0.525. The number of aliphatic hydroxyl groups is 1. The minimum absolute atomic E-state index is 0.0274. The lowest BCUT2D eigenvalue weighted by molar-refractivity contribution is -0.122. The van der Waals surface area contributed by atoms with Crippen LogP contribution >= 0.6 is 11.6 Å². The molecule has 1 atom stereocenters. The van der Waals surface area contributed by atoms with E-state index in [9.17, 15) is 9.90 Å². The van der Waals surface area contributed by atoms with E-state index in [0.29, 0.717) is 31.9 Å². The van der Waals surface area contributed by atoms with Crippen LogP contribution in [-0.4, -0.2) is 42.3 Å². The molecule has 1 fully saturated rings. The second-order valence-electron chi connectivity index (χ2n) is 3.95. The van der Waals surface area contributed by atoms with Gasteiger partial charge in [0.1, 0.15) is 5.60 Å². The van der Waals surface area contributed by atoms with Crippen LogP contribution in [0, 0.1) is 0 Å². The molecule has 0 aromatic rings. The van der Waals surface area contributed by atoms with E-state index >= 15 is 0 Å². The first kappa shape index (κ1) is 12.7. The van der Waals surface area contributed by atoms with Crippen LogP contribution in [0.4, 0.5) is 0 Å². The summed E-state index contributed by atoms with van der Waals surface area (Å²) < 4.78 is 5.07. The van der Waals surface area contributed by atoms with E-state index in [4.69, 9.17) is 16.3 Å². The Morgan fingerprint density at radius 3 is 2.93 bits per heavy atom. The third-order valence-corrected chi connectivity index (χ3v) is 2.75. The Morgan fingerprint density at radius 2 is 2.33 bits per heavy atom. The summed E-state index contributed by atoms with van der Waals surface area (Å²) in [6.07, 6.45) is 2.71. The van der Waals surface area contributed by atoms with Gasteiger partial charge in [-0.2, -0.15) is 0 Å². The summed E-state index contributed by atoms with van der Waals surface area (Å²) >= 11 is 5.50. The van der Waals surface area contributed by atoms with Gasteiger partial charge in [0, 0.05) is 31.9 Å². The van der Waals surface area contributed by atoms with Crippen LogP contribution in [0.25, 0.3) is 0 Å². The molecule has 0 aromatic carbocycles. The molecule has 1 unspecified atom stereocenters. The normalized spacial score (nSPS) is 25.5. The minimum atomic E-state index is -0.859. The number of alkyl halides is 1. The van der Waals surface area contributed by atoms with Crippen LogP contribution < -0.4 is 5.32 Å². The zero-order valence-electron chi connectivity index (χ0n) is 8.80. The van der Waals surface area contributed by atoms with Crippen LogP contribution in [-0.2, 0) is 9.53 Å².